The molecule has 1 heterocycles. The van der Waals surface area contributed by atoms with E-state index in [9.17, 15) is 14.0 Å². The van der Waals surface area contributed by atoms with Crippen LogP contribution in [0.15, 0.2) is 53.0 Å². The summed E-state index contributed by atoms with van der Waals surface area (Å²) in [6.45, 7) is 1.27. The number of hydrogen-bond acceptors (Lipinski definition) is 5. The summed E-state index contributed by atoms with van der Waals surface area (Å²) in [7, 11) is 0. The largest absolute Gasteiger partial charge is 0.481 e. The van der Waals surface area contributed by atoms with Crippen LogP contribution in [0.2, 0.25) is 0 Å². The van der Waals surface area contributed by atoms with Crippen LogP contribution in [0.3, 0.4) is 0 Å². The monoisotopic (exact) mass is 463 g/mol. The first-order chi connectivity index (χ1) is 13.4. The molecule has 28 heavy (non-hydrogen) atoms. The Labute approximate surface area is 172 Å². The Kier molecular flexibility index (Phi) is 6.37. The van der Waals surface area contributed by atoms with Crippen LogP contribution < -0.4 is 15.6 Å². The average molecular weight is 464 g/mol. The van der Waals surface area contributed by atoms with Gasteiger partial charge in [-0.3, -0.25) is 20.4 Å². The minimum absolute atomic E-state index is 0.0597. The Morgan fingerprint density at radius 1 is 1.18 bits per heavy atom. The zero-order chi connectivity index (χ0) is 20.1. The first-order valence-corrected chi connectivity index (χ1v) is 9.75. The molecule has 2 N–H and O–H groups in total. The van der Waals surface area contributed by atoms with E-state index in [2.05, 4.69) is 31.8 Å². The molecule has 6 nitrogen and oxygen atoms in total. The molecule has 0 unspecified atom stereocenters. The normalized spacial score (nSPS) is 10.4. The third kappa shape index (κ3) is 4.93. The molecule has 0 aliphatic heterocycles. The molecular formula is C19H15BrFN3O3S. The lowest BCUT2D eigenvalue weighted by molar-refractivity contribution is -0.123. The number of benzene rings is 2. The molecule has 3 aromatic rings. The first kappa shape index (κ1) is 20.0. The molecule has 0 fully saturated rings. The van der Waals surface area contributed by atoms with Crippen LogP contribution in [0.1, 0.15) is 15.4 Å². The smallest absolute Gasteiger partial charge is 0.281 e. The first-order valence-electron chi connectivity index (χ1n) is 8.14. The fourth-order valence-electron chi connectivity index (χ4n) is 2.27. The molecule has 0 bridgehead atoms. The van der Waals surface area contributed by atoms with Gasteiger partial charge in [-0.15, -0.1) is 11.3 Å². The Morgan fingerprint density at radius 3 is 2.64 bits per heavy atom. The van der Waals surface area contributed by atoms with Crippen LogP contribution >= 0.6 is 27.3 Å². The van der Waals surface area contributed by atoms with Crippen LogP contribution in [0.4, 0.5) is 4.39 Å². The van der Waals surface area contributed by atoms with Gasteiger partial charge in [0.1, 0.15) is 9.88 Å². The number of nitrogens with zero attached hydrogens (tertiary/aromatic N) is 1. The van der Waals surface area contributed by atoms with Gasteiger partial charge in [0, 0.05) is 10.0 Å². The Morgan fingerprint density at radius 2 is 1.93 bits per heavy atom. The van der Waals surface area contributed by atoms with Crippen molar-refractivity contribution in [2.45, 2.75) is 6.92 Å². The summed E-state index contributed by atoms with van der Waals surface area (Å²) >= 11 is 4.36. The van der Waals surface area contributed by atoms with Crippen LogP contribution in [0.25, 0.3) is 10.6 Å². The lowest BCUT2D eigenvalue weighted by Crippen LogP contribution is -2.43. The van der Waals surface area contributed by atoms with E-state index in [1.807, 2.05) is 30.3 Å². The molecule has 0 atom stereocenters. The second-order valence-electron chi connectivity index (χ2n) is 5.67. The van der Waals surface area contributed by atoms with Crippen LogP contribution in [-0.4, -0.2) is 23.4 Å². The number of nitrogens with one attached hydrogen (secondary N) is 2. The summed E-state index contributed by atoms with van der Waals surface area (Å²) in [5.41, 5.74) is 6.02. The SMILES string of the molecule is Cc1nc(-c2ccccc2)sc1C(=O)NNC(=O)COc1ccc(Br)cc1F. The molecule has 9 heteroatoms. The predicted octanol–water partition coefficient (Wildman–Crippen LogP) is 3.86. The molecule has 2 amide bonds. The van der Waals surface area contributed by atoms with Gasteiger partial charge in [0.2, 0.25) is 0 Å². The van der Waals surface area contributed by atoms with Crippen LogP contribution in [-0.2, 0) is 4.79 Å². The van der Waals surface area contributed by atoms with Crippen molar-refractivity contribution < 1.29 is 18.7 Å². The van der Waals surface area contributed by atoms with Gasteiger partial charge < -0.3 is 4.74 Å². The number of aromatic nitrogens is 1. The second kappa shape index (κ2) is 8.94. The zero-order valence-corrected chi connectivity index (χ0v) is 17.1. The van der Waals surface area contributed by atoms with Gasteiger partial charge in [0.25, 0.3) is 11.8 Å². The third-order valence-electron chi connectivity index (χ3n) is 3.59. The van der Waals surface area contributed by atoms with Crippen LogP contribution in [0.5, 0.6) is 5.75 Å². The number of carbonyl (C=O) groups excluding carboxylic acids is 2. The number of carbonyl (C=O) groups is 2. The summed E-state index contributed by atoms with van der Waals surface area (Å²) in [4.78, 5) is 29.0. The molecule has 0 saturated heterocycles. The number of thiazole rings is 1. The minimum Gasteiger partial charge on any atom is -0.481 e. The molecule has 3 rings (SSSR count). The highest BCUT2D eigenvalue weighted by atomic mass is 79.9. The van der Waals surface area contributed by atoms with E-state index in [1.54, 1.807) is 13.0 Å². The van der Waals surface area contributed by atoms with Crippen molar-refractivity contribution in [1.29, 1.82) is 0 Å². The number of ether oxygens (including phenoxy) is 1. The summed E-state index contributed by atoms with van der Waals surface area (Å²) in [5.74, 6) is -1.77. The number of hydrazine groups is 1. The van der Waals surface area contributed by atoms with Crippen molar-refractivity contribution in [1.82, 2.24) is 15.8 Å². The third-order valence-corrected chi connectivity index (χ3v) is 5.29. The average Bonchev–Trinajstić information content (AvgIpc) is 3.08. The van der Waals surface area contributed by atoms with E-state index in [1.165, 1.54) is 23.5 Å². The predicted molar refractivity (Wildman–Crippen MR) is 107 cm³/mol. The summed E-state index contributed by atoms with van der Waals surface area (Å²) in [6.07, 6.45) is 0. The Bertz CT molecular complexity index is 1010. The number of halogens is 2. The summed E-state index contributed by atoms with van der Waals surface area (Å²) in [5, 5.41) is 0.712. The van der Waals surface area contributed by atoms with Crippen molar-refractivity contribution in [3.63, 3.8) is 0 Å². The second-order valence-corrected chi connectivity index (χ2v) is 7.58. The van der Waals surface area contributed by atoms with Crippen molar-refractivity contribution in [3.05, 3.63) is 69.4 Å². The van der Waals surface area contributed by atoms with E-state index in [-0.39, 0.29) is 5.75 Å². The molecule has 0 spiro atoms. The topological polar surface area (TPSA) is 80.3 Å². The van der Waals surface area contributed by atoms with E-state index >= 15 is 0 Å². The summed E-state index contributed by atoms with van der Waals surface area (Å²) < 4.78 is 19.3. The van der Waals surface area contributed by atoms with Crippen molar-refractivity contribution in [3.8, 4) is 16.3 Å². The molecule has 0 aliphatic rings. The highest BCUT2D eigenvalue weighted by Gasteiger charge is 2.17. The number of rotatable bonds is 5. The zero-order valence-electron chi connectivity index (χ0n) is 14.7. The molecule has 0 aliphatic carbocycles. The Hall–Kier alpha value is -2.78. The highest BCUT2D eigenvalue weighted by molar-refractivity contribution is 9.10. The fraction of sp³-hybridized carbons (Fsp3) is 0.105. The highest BCUT2D eigenvalue weighted by Crippen LogP contribution is 2.27. The van der Waals surface area contributed by atoms with Gasteiger partial charge >= 0.3 is 0 Å². The minimum atomic E-state index is -0.624. The van der Waals surface area contributed by atoms with Gasteiger partial charge in [-0.25, -0.2) is 9.37 Å². The van der Waals surface area contributed by atoms with Crippen molar-refractivity contribution in [2.24, 2.45) is 0 Å². The quantitative estimate of drug-likeness (QED) is 0.563. The molecule has 0 radical (unpaired) electrons. The molecular weight excluding hydrogens is 449 g/mol. The van der Waals surface area contributed by atoms with E-state index < -0.39 is 24.2 Å². The maximum Gasteiger partial charge on any atom is 0.281 e. The van der Waals surface area contributed by atoms with E-state index in [0.717, 1.165) is 5.56 Å². The molecule has 0 saturated carbocycles. The molecule has 1 aromatic heterocycles. The van der Waals surface area contributed by atoms with Gasteiger partial charge in [-0.1, -0.05) is 46.3 Å². The number of aryl methyl sites for hydroxylation is 1. The van der Waals surface area contributed by atoms with Gasteiger partial charge in [-0.05, 0) is 25.1 Å². The standard InChI is InChI=1S/C19H15BrFN3O3S/c1-11-17(28-19(22-11)12-5-3-2-4-6-12)18(26)24-23-16(25)10-27-15-8-7-13(20)9-14(15)21/h2-9H,10H2,1H3,(H,23,25)(H,24,26). The van der Waals surface area contributed by atoms with Crippen molar-refractivity contribution in [2.75, 3.05) is 6.61 Å². The number of hydrogen-bond donors (Lipinski definition) is 2. The molecule has 144 valence electrons. The molecule has 2 aromatic carbocycles. The summed E-state index contributed by atoms with van der Waals surface area (Å²) in [6, 6.07) is 13.7. The van der Waals surface area contributed by atoms with E-state index in [4.69, 9.17) is 4.74 Å². The van der Waals surface area contributed by atoms with E-state index in [0.29, 0.717) is 20.1 Å². The lowest BCUT2D eigenvalue weighted by Gasteiger charge is -2.09. The van der Waals surface area contributed by atoms with Crippen LogP contribution in [0, 0.1) is 12.7 Å². The fourth-order valence-corrected chi connectivity index (χ4v) is 3.57. The lowest BCUT2D eigenvalue weighted by atomic mass is 10.2. The Balaban J connectivity index is 1.55. The van der Waals surface area contributed by atoms with Crippen molar-refractivity contribution >= 4 is 39.1 Å². The number of amides is 2. The van der Waals surface area contributed by atoms with Gasteiger partial charge in [0.05, 0.1) is 5.69 Å². The maximum atomic E-state index is 13.7. The van der Waals surface area contributed by atoms with Gasteiger partial charge in [0.15, 0.2) is 18.2 Å². The maximum absolute atomic E-state index is 13.7. The van der Waals surface area contributed by atoms with Gasteiger partial charge in [-0.2, -0.15) is 0 Å².